The molecular weight excluding hydrogens is 1240 g/mol. The van der Waals surface area contributed by atoms with Crippen LogP contribution in [0.15, 0.2) is 97.6 Å². The molecule has 445 valence electrons. The second-order valence-corrected chi connectivity index (χ2v) is 28.2. The third kappa shape index (κ3) is 66.5. The average molecular weight is 1370 g/mol. The molecule has 5 aromatic rings. The van der Waals surface area contributed by atoms with E-state index in [4.69, 9.17) is 15.9 Å². The Hall–Kier alpha value is -0.161. The third-order valence-electron chi connectivity index (χ3n) is 9.80. The second-order valence-electron chi connectivity index (χ2n) is 28.2. The van der Waals surface area contributed by atoms with E-state index in [9.17, 15) is 0 Å². The fraction of sp³-hybridized carbons (Fsp3) is 0.652. The van der Waals surface area contributed by atoms with Gasteiger partial charge >= 0.3 is 51.4 Å². The number of aliphatic hydroxyl groups is 1. The van der Waals surface area contributed by atoms with Crippen LogP contribution in [0, 0.1) is 43.8 Å². The van der Waals surface area contributed by atoms with Crippen molar-refractivity contribution in [2.24, 2.45) is 49.6 Å². The minimum absolute atomic E-state index is 0. The zero-order valence-corrected chi connectivity index (χ0v) is 62.6. The summed E-state index contributed by atoms with van der Waals surface area (Å²) in [7, 11) is 0. The molecule has 1 radical (unpaired) electrons. The molecule has 0 saturated heterocycles. The Balaban J connectivity index is -0.0000000754. The van der Waals surface area contributed by atoms with Crippen LogP contribution in [0.5, 0.6) is 5.75 Å². The quantitative estimate of drug-likeness (QED) is 0.0787. The number of halogens is 1. The van der Waals surface area contributed by atoms with Gasteiger partial charge in [0.2, 0.25) is 0 Å². The number of fused-ring (bicyclic) bond motifs is 1. The Morgan fingerprint density at radius 2 is 0.987 bits per heavy atom. The van der Waals surface area contributed by atoms with Crippen LogP contribution in [0.4, 0.5) is 4.70 Å². The van der Waals surface area contributed by atoms with E-state index in [2.05, 4.69) is 214 Å². The first-order valence-electron chi connectivity index (χ1n) is 26.4. The Bertz CT molecular complexity index is 2030. The maximum Gasteiger partial charge on any atom is 1.00 e. The molecule has 0 aliphatic carbocycles. The van der Waals surface area contributed by atoms with Gasteiger partial charge in [0.15, 0.2) is 0 Å². The predicted octanol–water partition coefficient (Wildman–Crippen LogP) is 17.2. The Morgan fingerprint density at radius 3 is 1.32 bits per heavy atom. The van der Waals surface area contributed by atoms with Crippen LogP contribution in [-0.2, 0) is 79.5 Å². The van der Waals surface area contributed by atoms with Crippen molar-refractivity contribution < 1.29 is 123 Å². The summed E-state index contributed by atoms with van der Waals surface area (Å²) in [5.41, 5.74) is 14.5. The van der Waals surface area contributed by atoms with Crippen LogP contribution in [0.25, 0.3) is 10.9 Å². The van der Waals surface area contributed by atoms with E-state index in [1.165, 1.54) is 59.0 Å². The number of nitrogens with two attached hydrogens (primary N) is 1. The molecule has 0 aliphatic heterocycles. The van der Waals surface area contributed by atoms with Gasteiger partial charge in [0.05, 0.1) is 6.33 Å². The summed E-state index contributed by atoms with van der Waals surface area (Å²) in [5.74, 6) is 1.18. The summed E-state index contributed by atoms with van der Waals surface area (Å²) in [6.07, 6.45) is 15.2. The molecule has 0 atom stereocenters. The summed E-state index contributed by atoms with van der Waals surface area (Å²) >= 11 is 0. The van der Waals surface area contributed by atoms with Gasteiger partial charge < -0.3 is 27.3 Å². The first kappa shape index (κ1) is 96.0. The Morgan fingerprint density at radius 1 is 0.571 bits per heavy atom. The van der Waals surface area contributed by atoms with Crippen molar-refractivity contribution in [2.45, 2.75) is 225 Å². The summed E-state index contributed by atoms with van der Waals surface area (Å²) in [5, 5.41) is 18.8. The SMILES string of the molecule is C.C.CC(C)(C)CCCCN.CC(C)(C)CO.CC(C)(C)Cc1c[nH]c2ccccc12.CC(C)(C)Cc1ccc(O)cc1.CC(C)(C)Cc1ccccc1.CC(C)(C)Cc1cnc[nH]1.CC(C)CC(C)(C)C.F.S.[H-].[HH].[K+].[W].[Y]. The van der Waals surface area contributed by atoms with Crippen LogP contribution >= 0.6 is 13.5 Å². The third-order valence-corrected chi connectivity index (χ3v) is 9.80. The van der Waals surface area contributed by atoms with Gasteiger partial charge in [0, 0.05) is 90.8 Å². The molecule has 6 N–H and O–H groups in total. The molecular formula is C66H126FKN4O2SWY. The number of rotatable bonds is 8. The number of nitrogens with one attached hydrogen (secondary N) is 2. The van der Waals surface area contributed by atoms with Crippen LogP contribution in [0.1, 0.15) is 225 Å². The summed E-state index contributed by atoms with van der Waals surface area (Å²) in [6, 6.07) is 26.5. The summed E-state index contributed by atoms with van der Waals surface area (Å²) in [4.78, 5) is 10.3. The number of nitrogens with zero attached hydrogens (tertiary/aromatic N) is 1. The number of aromatic nitrogens is 3. The van der Waals surface area contributed by atoms with E-state index >= 15 is 0 Å². The van der Waals surface area contributed by atoms with Gasteiger partial charge in [0.25, 0.3) is 0 Å². The van der Waals surface area contributed by atoms with Gasteiger partial charge in [-0.1, -0.05) is 241 Å². The predicted molar refractivity (Wildman–Crippen MR) is 341 cm³/mol. The number of imidazole rings is 1. The monoisotopic (exact) mass is 1370 g/mol. The van der Waals surface area contributed by atoms with Crippen LogP contribution in [0.3, 0.4) is 0 Å². The van der Waals surface area contributed by atoms with Crippen molar-refractivity contribution in [3.63, 3.8) is 0 Å². The van der Waals surface area contributed by atoms with Crippen molar-refractivity contribution in [3.05, 3.63) is 120 Å². The van der Waals surface area contributed by atoms with E-state index in [-0.39, 0.29) is 153 Å². The first-order valence-corrected chi connectivity index (χ1v) is 26.4. The van der Waals surface area contributed by atoms with E-state index in [0.717, 1.165) is 38.1 Å². The number of H-pyrrole nitrogens is 2. The molecule has 3 aromatic carbocycles. The van der Waals surface area contributed by atoms with E-state index in [1.54, 1.807) is 18.5 Å². The number of aromatic amines is 2. The largest absolute Gasteiger partial charge is 1.00 e. The van der Waals surface area contributed by atoms with E-state index in [1.807, 2.05) is 39.1 Å². The molecule has 0 fully saturated rings. The molecule has 11 heteroatoms. The maximum atomic E-state index is 9.05. The molecule has 0 unspecified atom stereocenters. The van der Waals surface area contributed by atoms with Crippen molar-refractivity contribution in [1.82, 2.24) is 15.0 Å². The number of unbranched alkanes of at least 4 members (excludes halogenated alkanes) is 1. The minimum Gasteiger partial charge on any atom is -1.00 e. The number of phenols is 1. The summed E-state index contributed by atoms with van der Waals surface area (Å²) < 4.78 is 0. The summed E-state index contributed by atoms with van der Waals surface area (Å²) in [6.45, 7) is 52.2. The maximum absolute atomic E-state index is 9.05. The van der Waals surface area contributed by atoms with Crippen molar-refractivity contribution in [1.29, 1.82) is 0 Å². The second kappa shape index (κ2) is 47.2. The normalized spacial score (nSPS) is 10.9. The van der Waals surface area contributed by atoms with Gasteiger partial charge in [-0.15, -0.1) is 0 Å². The molecule has 0 spiro atoms. The standard InChI is InChI=1S/C13H17N.C11H16O.C11H16.C8H14N2.C8H19N.C8H18.C5H12O.2CH4.FH.K.H2S.W.Y.H2.H/c1-13(2,3)8-10-9-14-12-7-5-4-6-11(10)12;1-11(2,3)8-9-4-6-10(12)7-5-9;1-11(2,3)9-10-7-5-4-6-8-10;1-8(2,3)4-7-5-9-6-10-7;1-8(2,3)6-4-5-7-9;1-7(2)6-8(3,4)5;1-5(2,3)4-6;;;;;;;;;/h4-7,9,14H,8H2,1-3H3;4-7,12H,8H2,1-3H3;4-8H,9H2,1-3H3;5-6H,4H2,1-3H3,(H,9,10);4-7,9H2,1-3H3;7H,6H2,1-5H3;6H,4H2,1-3H3;2*1H4;1H;;1H2;;;1H;/q;;;;;;;;;;+1;;;;;-1. The fourth-order valence-electron chi connectivity index (χ4n) is 7.26. The number of aromatic hydroxyl groups is 1. The van der Waals surface area contributed by atoms with E-state index in [0.29, 0.717) is 38.2 Å². The fourth-order valence-corrected chi connectivity index (χ4v) is 7.26. The van der Waals surface area contributed by atoms with E-state index < -0.39 is 0 Å². The average Bonchev–Trinajstić information content (AvgIpc) is 3.83. The number of benzene rings is 3. The molecule has 5 rings (SSSR count). The molecule has 77 heavy (non-hydrogen) atoms. The molecule has 0 saturated carbocycles. The van der Waals surface area contributed by atoms with Gasteiger partial charge in [0.1, 0.15) is 5.75 Å². The van der Waals surface area contributed by atoms with Crippen molar-refractivity contribution in [3.8, 4) is 5.75 Å². The van der Waals surface area contributed by atoms with Crippen molar-refractivity contribution in [2.75, 3.05) is 13.2 Å². The number of aliphatic hydroxyl groups excluding tert-OH is 1. The van der Waals surface area contributed by atoms with Gasteiger partial charge in [-0.3, -0.25) is 4.70 Å². The molecule has 2 heterocycles. The van der Waals surface area contributed by atoms with Gasteiger partial charge in [-0.25, -0.2) is 4.98 Å². The molecule has 2 aromatic heterocycles. The molecule has 0 bridgehead atoms. The molecule has 0 amide bonds. The number of hydrogen-bond acceptors (Lipinski definition) is 4. The molecule has 0 aliphatic rings. The number of para-hydroxylation sites is 1. The molecule has 6 nitrogen and oxygen atoms in total. The zero-order chi connectivity index (χ0) is 54.6. The first-order chi connectivity index (χ1) is 31.7. The van der Waals surface area contributed by atoms with Gasteiger partial charge in [-0.2, -0.15) is 13.5 Å². The zero-order valence-electron chi connectivity index (χ0n) is 53.7. The smallest absolute Gasteiger partial charge is 1.00 e. The van der Waals surface area contributed by atoms with Gasteiger partial charge in [-0.05, 0) is 130 Å². The van der Waals surface area contributed by atoms with Crippen LogP contribution in [-0.4, -0.2) is 38.3 Å². The van der Waals surface area contributed by atoms with Crippen LogP contribution < -0.4 is 57.1 Å². The Kier molecular flexibility index (Phi) is 58.9. The Labute approximate surface area is 569 Å². The van der Waals surface area contributed by atoms with Crippen LogP contribution in [0.2, 0.25) is 0 Å². The van der Waals surface area contributed by atoms with Crippen molar-refractivity contribution >= 4 is 24.4 Å². The topological polar surface area (TPSA) is 111 Å². The minimum atomic E-state index is 0. The number of hydrogen-bond donors (Lipinski definition) is 5. The number of phenolic OH excluding ortho intramolecular Hbond substituents is 1.